The van der Waals surface area contributed by atoms with Crippen LogP contribution < -0.4 is 5.32 Å². The standard InChI is InChI=1S/C15H11ClN4O4/c16-8-3-4-10-9(6-8)13(15(23)18-10)20-19-12(21)7-17-14(22)11-2-1-5-24-11/h1-6,18,23H,7H2,(H,17,22). The second kappa shape index (κ2) is 6.55. The zero-order valence-electron chi connectivity index (χ0n) is 12.1. The third-order valence-corrected chi connectivity index (χ3v) is 3.36. The Kier molecular flexibility index (Phi) is 4.30. The zero-order chi connectivity index (χ0) is 17.1. The highest BCUT2D eigenvalue weighted by Crippen LogP contribution is 2.36. The number of fused-ring (bicyclic) bond motifs is 1. The molecule has 2 aromatic heterocycles. The third-order valence-electron chi connectivity index (χ3n) is 3.12. The van der Waals surface area contributed by atoms with Crippen LogP contribution in [-0.4, -0.2) is 28.4 Å². The smallest absolute Gasteiger partial charge is 0.287 e. The molecule has 0 unspecified atom stereocenters. The summed E-state index contributed by atoms with van der Waals surface area (Å²) in [5.41, 5.74) is 0.697. The van der Waals surface area contributed by atoms with Gasteiger partial charge in [0.1, 0.15) is 6.54 Å². The van der Waals surface area contributed by atoms with Crippen molar-refractivity contribution in [2.45, 2.75) is 0 Å². The van der Waals surface area contributed by atoms with Gasteiger partial charge in [-0.2, -0.15) is 0 Å². The highest BCUT2D eigenvalue weighted by Gasteiger charge is 2.13. The Bertz CT molecular complexity index is 931. The van der Waals surface area contributed by atoms with E-state index in [1.165, 1.54) is 12.3 Å². The number of aromatic nitrogens is 1. The molecule has 122 valence electrons. The average Bonchev–Trinajstić information content (AvgIpc) is 3.18. The lowest BCUT2D eigenvalue weighted by atomic mass is 10.2. The second-order valence-electron chi connectivity index (χ2n) is 4.77. The molecular weight excluding hydrogens is 336 g/mol. The van der Waals surface area contributed by atoms with Crippen LogP contribution in [0.15, 0.2) is 51.2 Å². The molecule has 0 aliphatic heterocycles. The molecule has 3 N–H and O–H groups in total. The van der Waals surface area contributed by atoms with Crippen molar-refractivity contribution in [1.29, 1.82) is 0 Å². The van der Waals surface area contributed by atoms with E-state index in [4.69, 9.17) is 16.0 Å². The summed E-state index contributed by atoms with van der Waals surface area (Å²) in [5, 5.41) is 20.4. The molecule has 3 rings (SSSR count). The van der Waals surface area contributed by atoms with Gasteiger partial charge in [0.25, 0.3) is 11.8 Å². The molecule has 24 heavy (non-hydrogen) atoms. The number of benzene rings is 1. The quantitative estimate of drug-likeness (QED) is 0.628. The van der Waals surface area contributed by atoms with E-state index in [0.717, 1.165) is 0 Å². The summed E-state index contributed by atoms with van der Waals surface area (Å²) in [4.78, 5) is 26.0. The van der Waals surface area contributed by atoms with Crippen molar-refractivity contribution < 1.29 is 19.1 Å². The molecule has 0 saturated heterocycles. The number of nitrogens with zero attached hydrogens (tertiary/aromatic N) is 2. The minimum atomic E-state index is -0.689. The van der Waals surface area contributed by atoms with Gasteiger partial charge in [-0.25, -0.2) is 0 Å². The number of H-pyrrole nitrogens is 1. The number of aromatic hydroxyl groups is 1. The lowest BCUT2D eigenvalue weighted by molar-refractivity contribution is -0.117. The maximum atomic E-state index is 11.7. The summed E-state index contributed by atoms with van der Waals surface area (Å²) in [6.45, 7) is -0.354. The number of hydrogen-bond donors (Lipinski definition) is 3. The van der Waals surface area contributed by atoms with E-state index in [1.807, 2.05) is 0 Å². The number of amides is 2. The van der Waals surface area contributed by atoms with Gasteiger partial charge < -0.3 is 19.8 Å². The van der Waals surface area contributed by atoms with Crippen LogP contribution in [0, 0.1) is 0 Å². The fraction of sp³-hybridized carbons (Fsp3) is 0.0667. The number of carbonyl (C=O) groups excluding carboxylic acids is 2. The van der Waals surface area contributed by atoms with E-state index in [1.54, 1.807) is 24.3 Å². The molecule has 2 heterocycles. The topological polar surface area (TPSA) is 120 Å². The van der Waals surface area contributed by atoms with Gasteiger partial charge in [-0.15, -0.1) is 10.2 Å². The van der Waals surface area contributed by atoms with Crippen LogP contribution in [0.1, 0.15) is 10.6 Å². The maximum Gasteiger partial charge on any atom is 0.287 e. The first-order valence-electron chi connectivity index (χ1n) is 6.81. The Hall–Kier alpha value is -3.13. The van der Waals surface area contributed by atoms with Crippen LogP contribution in [-0.2, 0) is 4.79 Å². The lowest BCUT2D eigenvalue weighted by Crippen LogP contribution is -2.28. The Morgan fingerprint density at radius 2 is 2.17 bits per heavy atom. The second-order valence-corrected chi connectivity index (χ2v) is 5.20. The minimum Gasteiger partial charge on any atom is -0.493 e. The molecule has 0 aliphatic carbocycles. The summed E-state index contributed by atoms with van der Waals surface area (Å²) >= 11 is 5.90. The van der Waals surface area contributed by atoms with E-state index >= 15 is 0 Å². The number of carbonyl (C=O) groups is 2. The Morgan fingerprint density at radius 3 is 2.92 bits per heavy atom. The Labute approximate surface area is 140 Å². The first-order chi connectivity index (χ1) is 11.5. The first-order valence-corrected chi connectivity index (χ1v) is 7.19. The van der Waals surface area contributed by atoms with Crippen molar-refractivity contribution in [2.24, 2.45) is 10.2 Å². The average molecular weight is 347 g/mol. The van der Waals surface area contributed by atoms with Gasteiger partial charge >= 0.3 is 0 Å². The third kappa shape index (κ3) is 3.28. The molecule has 0 saturated carbocycles. The van der Waals surface area contributed by atoms with E-state index in [9.17, 15) is 14.7 Å². The first kappa shape index (κ1) is 15.8. The summed E-state index contributed by atoms with van der Waals surface area (Å²) in [5.74, 6) is -1.37. The van der Waals surface area contributed by atoms with Crippen molar-refractivity contribution in [1.82, 2.24) is 10.3 Å². The SMILES string of the molecule is O=C(CNC(=O)c1ccco1)N=Nc1c(O)[nH]c2ccc(Cl)cc12. The minimum absolute atomic E-state index is 0.0867. The highest BCUT2D eigenvalue weighted by atomic mass is 35.5. The Morgan fingerprint density at radius 1 is 1.33 bits per heavy atom. The largest absolute Gasteiger partial charge is 0.493 e. The fourth-order valence-electron chi connectivity index (χ4n) is 2.03. The van der Waals surface area contributed by atoms with Crippen molar-refractivity contribution in [3.63, 3.8) is 0 Å². The van der Waals surface area contributed by atoms with Crippen molar-refractivity contribution in [3.8, 4) is 5.88 Å². The van der Waals surface area contributed by atoms with E-state index in [0.29, 0.717) is 15.9 Å². The highest BCUT2D eigenvalue weighted by molar-refractivity contribution is 6.31. The summed E-state index contributed by atoms with van der Waals surface area (Å²) in [6, 6.07) is 7.93. The molecule has 0 spiro atoms. The number of azo groups is 1. The molecule has 1 aromatic carbocycles. The number of halogens is 1. The number of aromatic amines is 1. The van der Waals surface area contributed by atoms with Crippen LogP contribution in [0.4, 0.5) is 5.69 Å². The molecule has 8 nitrogen and oxygen atoms in total. The molecule has 0 atom stereocenters. The monoisotopic (exact) mass is 346 g/mol. The van der Waals surface area contributed by atoms with E-state index in [2.05, 4.69) is 20.5 Å². The number of hydrogen-bond acceptors (Lipinski definition) is 5. The van der Waals surface area contributed by atoms with Gasteiger partial charge in [0.15, 0.2) is 11.4 Å². The van der Waals surface area contributed by atoms with Crippen LogP contribution in [0.5, 0.6) is 5.88 Å². The van der Waals surface area contributed by atoms with Crippen LogP contribution in [0.2, 0.25) is 5.02 Å². The van der Waals surface area contributed by atoms with Gasteiger partial charge in [0, 0.05) is 10.4 Å². The van der Waals surface area contributed by atoms with Gasteiger partial charge in [0.2, 0.25) is 5.88 Å². The predicted octanol–water partition coefficient (Wildman–Crippen LogP) is 3.16. The molecule has 9 heteroatoms. The van der Waals surface area contributed by atoms with Crippen LogP contribution in [0.25, 0.3) is 10.9 Å². The fourth-order valence-corrected chi connectivity index (χ4v) is 2.20. The molecule has 0 fully saturated rings. The molecule has 3 aromatic rings. The molecule has 0 bridgehead atoms. The Balaban J connectivity index is 1.69. The summed E-state index contributed by atoms with van der Waals surface area (Å²) in [6.07, 6.45) is 1.35. The van der Waals surface area contributed by atoms with E-state index < -0.39 is 11.8 Å². The van der Waals surface area contributed by atoms with Gasteiger partial charge in [-0.05, 0) is 30.3 Å². The number of nitrogens with one attached hydrogen (secondary N) is 2. The zero-order valence-corrected chi connectivity index (χ0v) is 12.9. The lowest BCUT2D eigenvalue weighted by Gasteiger charge is -1.98. The number of rotatable bonds is 4. The van der Waals surface area contributed by atoms with Crippen LogP contribution >= 0.6 is 11.6 Å². The predicted molar refractivity (Wildman–Crippen MR) is 85.5 cm³/mol. The normalized spacial score (nSPS) is 11.2. The molecule has 0 aliphatic rings. The summed E-state index contributed by atoms with van der Waals surface area (Å²) in [7, 11) is 0. The summed E-state index contributed by atoms with van der Waals surface area (Å²) < 4.78 is 4.89. The van der Waals surface area contributed by atoms with Crippen LogP contribution in [0.3, 0.4) is 0 Å². The molecule has 2 amide bonds. The molecular formula is C15H11ClN4O4. The van der Waals surface area contributed by atoms with Crippen molar-refractivity contribution in [3.05, 3.63) is 47.4 Å². The molecule has 0 radical (unpaired) electrons. The number of furan rings is 1. The van der Waals surface area contributed by atoms with Gasteiger partial charge in [-0.1, -0.05) is 11.6 Å². The van der Waals surface area contributed by atoms with Gasteiger partial charge in [-0.3, -0.25) is 9.59 Å². The van der Waals surface area contributed by atoms with Crippen molar-refractivity contribution in [2.75, 3.05) is 6.54 Å². The maximum absolute atomic E-state index is 11.7. The van der Waals surface area contributed by atoms with Crippen molar-refractivity contribution >= 4 is 40.0 Å². The van der Waals surface area contributed by atoms with E-state index in [-0.39, 0.29) is 23.9 Å². The van der Waals surface area contributed by atoms with Gasteiger partial charge in [0.05, 0.1) is 11.8 Å².